The summed E-state index contributed by atoms with van der Waals surface area (Å²) >= 11 is 0. The first-order valence-electron chi connectivity index (χ1n) is 22.0. The first-order chi connectivity index (χ1) is 31.3. The Morgan fingerprint density at radius 2 is 1.17 bits per heavy atom. The number of carbonyl (C=O) groups is 4. The fraction of sp³-hybridized carbons (Fsp3) is 0.347. The number of amides is 4. The van der Waals surface area contributed by atoms with E-state index in [4.69, 9.17) is 24.2 Å². The maximum atomic E-state index is 14.0. The Balaban J connectivity index is 0.868. The van der Waals surface area contributed by atoms with E-state index >= 15 is 0 Å². The van der Waals surface area contributed by atoms with E-state index in [9.17, 15) is 19.2 Å². The number of alkyl carbamates (subject to hydrolysis) is 2. The van der Waals surface area contributed by atoms with Gasteiger partial charge in [0.2, 0.25) is 5.91 Å². The third-order valence-corrected chi connectivity index (χ3v) is 12.9. The summed E-state index contributed by atoms with van der Waals surface area (Å²) in [5, 5.41) is 7.72. The summed E-state index contributed by atoms with van der Waals surface area (Å²) in [6.07, 6.45) is 6.92. The van der Waals surface area contributed by atoms with Gasteiger partial charge in [-0.15, -0.1) is 0 Å². The van der Waals surface area contributed by atoms with Crippen molar-refractivity contribution in [2.24, 2.45) is 5.92 Å². The van der Waals surface area contributed by atoms with Crippen LogP contribution in [0.15, 0.2) is 103 Å². The van der Waals surface area contributed by atoms with E-state index in [1.54, 1.807) is 11.1 Å². The van der Waals surface area contributed by atoms with Crippen LogP contribution in [0, 0.1) is 5.92 Å². The van der Waals surface area contributed by atoms with Gasteiger partial charge in [0.25, 0.3) is 5.91 Å². The molecule has 3 aliphatic rings. The molecule has 6 aromatic rings. The van der Waals surface area contributed by atoms with Crippen molar-refractivity contribution in [3.05, 3.63) is 121 Å². The number of ether oxygens (including phenoxy) is 3. The zero-order valence-corrected chi connectivity index (χ0v) is 35.9. The molecule has 3 aliphatic heterocycles. The average Bonchev–Trinajstić information content (AvgIpc) is 4.20. The molecule has 5 heterocycles. The van der Waals surface area contributed by atoms with Gasteiger partial charge < -0.3 is 44.6 Å². The molecule has 0 spiro atoms. The quantitative estimate of drug-likeness (QED) is 0.101. The van der Waals surface area contributed by atoms with Gasteiger partial charge in [-0.05, 0) is 89.6 Å². The Bertz CT molecular complexity index is 2620. The molecule has 4 unspecified atom stereocenters. The van der Waals surface area contributed by atoms with E-state index in [0.717, 1.165) is 75.9 Å². The number of imidazole rings is 2. The van der Waals surface area contributed by atoms with E-state index < -0.39 is 24.3 Å². The highest BCUT2D eigenvalue weighted by Gasteiger charge is 2.40. The summed E-state index contributed by atoms with van der Waals surface area (Å²) in [6, 6.07) is 28.2. The monoisotopic (exact) mass is 864 g/mol. The average molecular weight is 865 g/mol. The highest BCUT2D eigenvalue weighted by atomic mass is 16.5. The molecule has 9 rings (SSSR count). The highest BCUT2D eigenvalue weighted by Crippen LogP contribution is 2.37. The largest absolute Gasteiger partial charge is 0.453 e. The maximum absolute atomic E-state index is 14.0. The van der Waals surface area contributed by atoms with Crippen LogP contribution < -0.4 is 10.6 Å². The van der Waals surface area contributed by atoms with Crippen molar-refractivity contribution in [3.8, 4) is 33.6 Å². The van der Waals surface area contributed by atoms with Gasteiger partial charge in [-0.3, -0.25) is 9.59 Å². The van der Waals surface area contributed by atoms with Crippen LogP contribution >= 0.6 is 0 Å². The number of carbonyl (C=O) groups excluding carboxylic acids is 4. The lowest BCUT2D eigenvalue weighted by molar-refractivity contribution is -0.137. The highest BCUT2D eigenvalue weighted by molar-refractivity contribution is 5.91. The zero-order chi connectivity index (χ0) is 44.2. The number of hydrogen-bond acceptors (Lipinski definition) is 9. The van der Waals surface area contributed by atoms with Crippen molar-refractivity contribution in [1.82, 2.24) is 40.4 Å². The molecule has 330 valence electrons. The second-order valence-electron chi connectivity index (χ2n) is 16.6. The predicted molar refractivity (Wildman–Crippen MR) is 240 cm³/mol. The topological polar surface area (TPSA) is 184 Å². The zero-order valence-electron chi connectivity index (χ0n) is 35.9. The number of aromatic nitrogens is 4. The second-order valence-corrected chi connectivity index (χ2v) is 16.6. The van der Waals surface area contributed by atoms with Crippen molar-refractivity contribution < 1.29 is 33.4 Å². The van der Waals surface area contributed by atoms with E-state index in [1.165, 1.54) is 14.2 Å². The first-order valence-corrected chi connectivity index (χ1v) is 22.0. The van der Waals surface area contributed by atoms with Gasteiger partial charge >= 0.3 is 12.2 Å². The number of nitrogens with zero attached hydrogens (tertiary/aromatic N) is 4. The fourth-order valence-electron chi connectivity index (χ4n) is 9.44. The van der Waals surface area contributed by atoms with Gasteiger partial charge in [-0.1, -0.05) is 78.9 Å². The Morgan fingerprint density at radius 1 is 0.641 bits per heavy atom. The maximum Gasteiger partial charge on any atom is 0.407 e. The third kappa shape index (κ3) is 8.80. The lowest BCUT2D eigenvalue weighted by Gasteiger charge is -2.34. The number of benzene rings is 4. The molecular weight excluding hydrogens is 813 g/mol. The SMILES string of the molecule is COC(=O)NC(C(=O)N1CCCC1c1ncc(-c2ccc(-c3ccc4cc(-c5cnc(C6CCCN6C(=O)C(NC(=O)OC)C6CCOCC6)[nH]5)ccc4c3)cc2)[nH]1)c1ccccc1. The van der Waals surface area contributed by atoms with Crippen LogP contribution in [0.4, 0.5) is 9.59 Å². The second kappa shape index (κ2) is 18.8. The van der Waals surface area contributed by atoms with Crippen LogP contribution in [-0.2, 0) is 23.8 Å². The first kappa shape index (κ1) is 42.3. The number of nitrogens with one attached hydrogen (secondary N) is 4. The van der Waals surface area contributed by atoms with E-state index in [-0.39, 0.29) is 29.8 Å². The smallest absolute Gasteiger partial charge is 0.407 e. The van der Waals surface area contributed by atoms with Crippen LogP contribution in [0.5, 0.6) is 0 Å². The van der Waals surface area contributed by atoms with Crippen molar-refractivity contribution in [3.63, 3.8) is 0 Å². The fourth-order valence-corrected chi connectivity index (χ4v) is 9.44. The number of H-pyrrole nitrogens is 2. The Kier molecular flexibility index (Phi) is 12.4. The standard InChI is InChI=1S/C49H52N8O7/c1-62-48(60)54-42(32-8-4-3-5-9-32)46(58)56-22-6-10-40(56)44-50-28-38(52-44)31-14-12-30(13-15-31)34-16-17-36-27-37(19-18-35(36)26-34)39-29-51-45(53-39)41-11-7-23-57(41)47(59)43(55-49(61)63-2)33-20-24-64-25-21-33/h3-5,8-9,12-19,26-29,33,40-43H,6-7,10-11,20-25H2,1-2H3,(H,50,52)(H,51,53)(H,54,60)(H,55,61). The Hall–Kier alpha value is -7.00. The number of likely N-dealkylation sites (tertiary alicyclic amines) is 2. The molecular formula is C49H52N8O7. The van der Waals surface area contributed by atoms with Gasteiger partial charge in [0.1, 0.15) is 23.7 Å². The molecule has 4 aromatic carbocycles. The van der Waals surface area contributed by atoms with Crippen LogP contribution in [0.1, 0.15) is 73.9 Å². The van der Waals surface area contributed by atoms with E-state index in [2.05, 4.69) is 81.3 Å². The summed E-state index contributed by atoms with van der Waals surface area (Å²) < 4.78 is 15.2. The molecule has 2 aromatic heterocycles. The Labute approximate surface area is 370 Å². The Morgan fingerprint density at radius 3 is 1.80 bits per heavy atom. The molecule has 15 nitrogen and oxygen atoms in total. The normalized spacial score (nSPS) is 18.7. The summed E-state index contributed by atoms with van der Waals surface area (Å²) in [5.41, 5.74) is 6.51. The summed E-state index contributed by atoms with van der Waals surface area (Å²) in [4.78, 5) is 72.6. The van der Waals surface area contributed by atoms with Gasteiger partial charge in [0.05, 0.1) is 50.1 Å². The molecule has 0 radical (unpaired) electrons. The van der Waals surface area contributed by atoms with Crippen LogP contribution in [0.25, 0.3) is 44.4 Å². The minimum absolute atomic E-state index is 0.0305. The van der Waals surface area contributed by atoms with E-state index in [1.807, 2.05) is 41.4 Å². The lowest BCUT2D eigenvalue weighted by atomic mass is 9.90. The van der Waals surface area contributed by atoms with Crippen molar-refractivity contribution in [2.75, 3.05) is 40.5 Å². The number of methoxy groups -OCH3 is 2. The molecule has 3 fully saturated rings. The molecule has 15 heteroatoms. The summed E-state index contributed by atoms with van der Waals surface area (Å²) in [5.74, 6) is 1.08. The van der Waals surface area contributed by atoms with Gasteiger partial charge in [0.15, 0.2) is 0 Å². The number of fused-ring (bicyclic) bond motifs is 1. The van der Waals surface area contributed by atoms with E-state index in [0.29, 0.717) is 50.5 Å². The van der Waals surface area contributed by atoms with Gasteiger partial charge in [-0.2, -0.15) is 0 Å². The van der Waals surface area contributed by atoms with Crippen molar-refractivity contribution in [1.29, 1.82) is 0 Å². The predicted octanol–water partition coefficient (Wildman–Crippen LogP) is 7.86. The van der Waals surface area contributed by atoms with Crippen molar-refractivity contribution in [2.45, 2.75) is 62.7 Å². The molecule has 4 N–H and O–H groups in total. The van der Waals surface area contributed by atoms with Gasteiger partial charge in [0, 0.05) is 31.9 Å². The third-order valence-electron chi connectivity index (χ3n) is 12.9. The molecule has 3 saturated heterocycles. The summed E-state index contributed by atoms with van der Waals surface area (Å²) in [6.45, 7) is 2.26. The summed E-state index contributed by atoms with van der Waals surface area (Å²) in [7, 11) is 2.59. The van der Waals surface area contributed by atoms with Gasteiger partial charge in [-0.25, -0.2) is 19.6 Å². The molecule has 4 atom stereocenters. The molecule has 0 bridgehead atoms. The van der Waals surface area contributed by atoms with Crippen LogP contribution in [-0.4, -0.2) is 100 Å². The lowest BCUT2D eigenvalue weighted by Crippen LogP contribution is -2.53. The van der Waals surface area contributed by atoms with Crippen LogP contribution in [0.2, 0.25) is 0 Å². The number of aromatic amines is 2. The number of rotatable bonds is 11. The molecule has 0 aliphatic carbocycles. The van der Waals surface area contributed by atoms with Crippen molar-refractivity contribution >= 4 is 34.8 Å². The molecule has 64 heavy (non-hydrogen) atoms. The molecule has 4 amide bonds. The molecule has 0 saturated carbocycles. The minimum atomic E-state index is -0.882. The minimum Gasteiger partial charge on any atom is -0.453 e. The number of hydrogen-bond donors (Lipinski definition) is 4. The van der Waals surface area contributed by atoms with Crippen LogP contribution in [0.3, 0.4) is 0 Å².